The van der Waals surface area contributed by atoms with Crippen LogP contribution in [0.4, 0.5) is 11.5 Å². The number of anilines is 2. The van der Waals surface area contributed by atoms with Gasteiger partial charge in [0.15, 0.2) is 5.82 Å². The number of carbonyl (C=O) groups excluding carboxylic acids is 1. The Kier molecular flexibility index (Phi) is 7.60. The number of amides is 1. The summed E-state index contributed by atoms with van der Waals surface area (Å²) >= 11 is 6.83. The van der Waals surface area contributed by atoms with Gasteiger partial charge in [0.1, 0.15) is 18.2 Å². The molecule has 8 nitrogen and oxygen atoms in total. The zero-order valence-electron chi connectivity index (χ0n) is 21.8. The van der Waals surface area contributed by atoms with E-state index in [9.17, 15) is 4.79 Å². The first-order valence-electron chi connectivity index (χ1n) is 14.0. The van der Waals surface area contributed by atoms with Crippen LogP contribution in [0.3, 0.4) is 0 Å². The lowest BCUT2D eigenvalue weighted by Gasteiger charge is -2.38. The first kappa shape index (κ1) is 25.3. The van der Waals surface area contributed by atoms with Crippen LogP contribution < -0.4 is 9.75 Å². The second-order valence-electron chi connectivity index (χ2n) is 10.7. The van der Waals surface area contributed by atoms with Crippen molar-refractivity contribution in [2.24, 2.45) is 5.92 Å². The molecule has 3 aromatic rings. The smallest absolute Gasteiger partial charge is 0.225 e. The Morgan fingerprint density at radius 2 is 1.74 bits per heavy atom. The number of pyridine rings is 1. The number of halogens is 1. The SMILES string of the molecule is O=C(C1CCCC1)N1CCC(Oc2ccc(N(c3ncnc4cnccc34)N3CCCCC3)cc2Cl)CC1. The van der Waals surface area contributed by atoms with E-state index in [2.05, 4.69) is 26.1 Å². The summed E-state index contributed by atoms with van der Waals surface area (Å²) < 4.78 is 6.36. The molecule has 2 saturated heterocycles. The zero-order chi connectivity index (χ0) is 25.9. The maximum atomic E-state index is 12.8. The van der Waals surface area contributed by atoms with E-state index < -0.39 is 0 Å². The Balaban J connectivity index is 1.19. The number of ether oxygens (including phenoxy) is 1. The number of hydrazine groups is 1. The van der Waals surface area contributed by atoms with Crippen molar-refractivity contribution in [1.29, 1.82) is 0 Å². The van der Waals surface area contributed by atoms with Crippen LogP contribution in [0.2, 0.25) is 5.02 Å². The second-order valence-corrected chi connectivity index (χ2v) is 11.1. The van der Waals surface area contributed by atoms with Gasteiger partial charge in [-0.1, -0.05) is 30.9 Å². The van der Waals surface area contributed by atoms with Crippen LogP contribution >= 0.6 is 11.6 Å². The molecule has 0 unspecified atom stereocenters. The minimum atomic E-state index is 0.0579. The number of hydrogen-bond acceptors (Lipinski definition) is 7. The Morgan fingerprint density at radius 3 is 2.50 bits per heavy atom. The van der Waals surface area contributed by atoms with Gasteiger partial charge in [-0.05, 0) is 49.9 Å². The molecule has 0 radical (unpaired) electrons. The second kappa shape index (κ2) is 11.4. The van der Waals surface area contributed by atoms with Crippen molar-refractivity contribution in [2.45, 2.75) is 63.9 Å². The molecule has 1 aliphatic carbocycles. The first-order chi connectivity index (χ1) is 18.7. The van der Waals surface area contributed by atoms with Crippen molar-refractivity contribution in [2.75, 3.05) is 31.2 Å². The summed E-state index contributed by atoms with van der Waals surface area (Å²) in [7, 11) is 0. The lowest BCUT2D eigenvalue weighted by Crippen LogP contribution is -2.44. The number of likely N-dealkylation sites (tertiary alicyclic amines) is 1. The zero-order valence-corrected chi connectivity index (χ0v) is 22.5. The lowest BCUT2D eigenvalue weighted by molar-refractivity contribution is -0.137. The number of carbonyl (C=O) groups is 1. The third-order valence-electron chi connectivity index (χ3n) is 8.15. The standard InChI is InChI=1S/C29H35ClN6O2/c30-25-18-22(8-9-27(25)38-23-11-16-34(17-12-23)29(37)21-6-2-3-7-21)36(35-14-4-1-5-15-35)28-24-10-13-31-19-26(24)32-20-33-28/h8-10,13,18-21,23H,1-7,11-12,14-17H2. The average Bonchev–Trinajstić information content (AvgIpc) is 3.51. The minimum absolute atomic E-state index is 0.0579. The molecule has 0 spiro atoms. The molecule has 1 amide bonds. The highest BCUT2D eigenvalue weighted by Gasteiger charge is 2.31. The minimum Gasteiger partial charge on any atom is -0.489 e. The highest BCUT2D eigenvalue weighted by Crippen LogP contribution is 2.37. The molecular weight excluding hydrogens is 500 g/mol. The number of rotatable bonds is 6. The summed E-state index contributed by atoms with van der Waals surface area (Å²) in [6.07, 6.45) is 14.8. The van der Waals surface area contributed by atoms with Crippen molar-refractivity contribution < 1.29 is 9.53 Å². The number of piperidine rings is 2. The van der Waals surface area contributed by atoms with Gasteiger partial charge in [0.25, 0.3) is 0 Å². The monoisotopic (exact) mass is 534 g/mol. The normalized spacial score (nSPS) is 19.7. The number of fused-ring (bicyclic) bond motifs is 1. The van der Waals surface area contributed by atoms with Crippen molar-refractivity contribution >= 4 is 39.9 Å². The largest absolute Gasteiger partial charge is 0.489 e. The van der Waals surface area contributed by atoms with E-state index in [1.807, 2.05) is 23.1 Å². The van der Waals surface area contributed by atoms with Gasteiger partial charge < -0.3 is 9.64 Å². The lowest BCUT2D eigenvalue weighted by atomic mass is 10.0. The fourth-order valence-corrected chi connectivity index (χ4v) is 6.30. The topological polar surface area (TPSA) is 74.7 Å². The third kappa shape index (κ3) is 5.29. The van der Waals surface area contributed by atoms with Crippen LogP contribution in [-0.4, -0.2) is 63.1 Å². The van der Waals surface area contributed by atoms with Crippen LogP contribution in [0.5, 0.6) is 5.75 Å². The Bertz CT molecular complexity index is 1260. The van der Waals surface area contributed by atoms with Crippen LogP contribution in [0, 0.1) is 5.92 Å². The molecule has 9 heteroatoms. The van der Waals surface area contributed by atoms with E-state index >= 15 is 0 Å². The molecule has 38 heavy (non-hydrogen) atoms. The van der Waals surface area contributed by atoms with E-state index in [0.717, 1.165) is 87.1 Å². The molecule has 6 rings (SSSR count). The summed E-state index contributed by atoms with van der Waals surface area (Å²) in [4.78, 5) is 28.2. The predicted molar refractivity (Wildman–Crippen MR) is 149 cm³/mol. The van der Waals surface area contributed by atoms with E-state index in [4.69, 9.17) is 21.3 Å². The van der Waals surface area contributed by atoms with E-state index in [1.165, 1.54) is 19.3 Å². The summed E-state index contributed by atoms with van der Waals surface area (Å²) in [6.45, 7) is 3.41. The quantitative estimate of drug-likeness (QED) is 0.397. The van der Waals surface area contributed by atoms with Crippen molar-refractivity contribution in [1.82, 2.24) is 24.9 Å². The van der Waals surface area contributed by atoms with Gasteiger partial charge in [0.05, 0.1) is 22.4 Å². The summed E-state index contributed by atoms with van der Waals surface area (Å²) in [6, 6.07) is 7.96. The molecule has 0 N–H and O–H groups in total. The Morgan fingerprint density at radius 1 is 0.947 bits per heavy atom. The Labute approximate surface area is 228 Å². The molecule has 2 aromatic heterocycles. The highest BCUT2D eigenvalue weighted by atomic mass is 35.5. The summed E-state index contributed by atoms with van der Waals surface area (Å²) in [5.74, 6) is 2.09. The molecule has 3 aliphatic rings. The van der Waals surface area contributed by atoms with Crippen LogP contribution in [0.15, 0.2) is 43.0 Å². The molecule has 1 saturated carbocycles. The Hall–Kier alpha value is -2.97. The molecule has 0 atom stereocenters. The predicted octanol–water partition coefficient (Wildman–Crippen LogP) is 5.78. The van der Waals surface area contributed by atoms with Crippen molar-refractivity contribution in [3.05, 3.63) is 48.0 Å². The molecule has 200 valence electrons. The van der Waals surface area contributed by atoms with Crippen molar-refractivity contribution in [3.63, 3.8) is 0 Å². The van der Waals surface area contributed by atoms with Gasteiger partial charge in [-0.25, -0.2) is 15.0 Å². The van der Waals surface area contributed by atoms with E-state index in [-0.39, 0.29) is 12.0 Å². The van der Waals surface area contributed by atoms with Gasteiger partial charge in [0.2, 0.25) is 5.91 Å². The van der Waals surface area contributed by atoms with Crippen LogP contribution in [-0.2, 0) is 4.79 Å². The average molecular weight is 535 g/mol. The number of aromatic nitrogens is 3. The number of hydrogen-bond donors (Lipinski definition) is 0. The molecule has 2 aliphatic heterocycles. The fraction of sp³-hybridized carbons (Fsp3) is 0.517. The molecule has 0 bridgehead atoms. The van der Waals surface area contributed by atoms with Crippen LogP contribution in [0.25, 0.3) is 10.9 Å². The van der Waals surface area contributed by atoms with Crippen molar-refractivity contribution in [3.8, 4) is 5.75 Å². The highest BCUT2D eigenvalue weighted by molar-refractivity contribution is 6.32. The molecular formula is C29H35ClN6O2. The molecule has 3 fully saturated rings. The van der Waals surface area contributed by atoms with Gasteiger partial charge in [-0.15, -0.1) is 0 Å². The first-order valence-corrected chi connectivity index (χ1v) is 14.4. The van der Waals surface area contributed by atoms with Gasteiger partial charge in [0, 0.05) is 56.5 Å². The fourth-order valence-electron chi connectivity index (χ4n) is 6.08. The van der Waals surface area contributed by atoms with Crippen LogP contribution in [0.1, 0.15) is 57.8 Å². The number of benzene rings is 1. The van der Waals surface area contributed by atoms with E-state index in [0.29, 0.717) is 16.7 Å². The number of nitrogens with zero attached hydrogens (tertiary/aromatic N) is 6. The molecule has 1 aromatic carbocycles. The van der Waals surface area contributed by atoms with Gasteiger partial charge in [-0.3, -0.25) is 14.8 Å². The maximum Gasteiger partial charge on any atom is 0.225 e. The summed E-state index contributed by atoms with van der Waals surface area (Å²) in [5.41, 5.74) is 1.75. The van der Waals surface area contributed by atoms with Gasteiger partial charge >= 0.3 is 0 Å². The maximum absolute atomic E-state index is 12.8. The molecule has 4 heterocycles. The third-order valence-corrected chi connectivity index (χ3v) is 8.44. The van der Waals surface area contributed by atoms with Gasteiger partial charge in [-0.2, -0.15) is 0 Å². The van der Waals surface area contributed by atoms with E-state index in [1.54, 1.807) is 18.7 Å². The summed E-state index contributed by atoms with van der Waals surface area (Å²) in [5, 5.41) is 6.04.